The van der Waals surface area contributed by atoms with Crippen LogP contribution in [-0.2, 0) is 9.53 Å². The fraction of sp³-hybridized carbons (Fsp3) is 0.467. The van der Waals surface area contributed by atoms with Crippen LogP contribution in [0.2, 0.25) is 0 Å². The molecule has 0 aliphatic rings. The molecular formula is C15H21NO3. The maximum atomic E-state index is 11.8. The van der Waals surface area contributed by atoms with Crippen molar-refractivity contribution in [2.24, 2.45) is 5.92 Å². The lowest BCUT2D eigenvalue weighted by Crippen LogP contribution is -2.15. The van der Waals surface area contributed by atoms with Crippen LogP contribution in [-0.4, -0.2) is 19.0 Å². The van der Waals surface area contributed by atoms with Crippen LogP contribution in [0.1, 0.15) is 42.6 Å². The maximum absolute atomic E-state index is 11.8. The average Bonchev–Trinajstić information content (AvgIpc) is 2.37. The summed E-state index contributed by atoms with van der Waals surface area (Å²) in [6.45, 7) is 6.02. The summed E-state index contributed by atoms with van der Waals surface area (Å²) < 4.78 is 4.72. The van der Waals surface area contributed by atoms with Gasteiger partial charge in [0, 0.05) is 6.42 Å². The zero-order valence-electron chi connectivity index (χ0n) is 11.9. The molecule has 0 aromatic heterocycles. The van der Waals surface area contributed by atoms with Gasteiger partial charge in [-0.15, -0.1) is 0 Å². The van der Waals surface area contributed by atoms with Crippen LogP contribution in [0.25, 0.3) is 0 Å². The minimum Gasteiger partial charge on any atom is -0.465 e. The minimum atomic E-state index is -0.442. The minimum absolute atomic E-state index is 0.0808. The highest BCUT2D eigenvalue weighted by Gasteiger charge is 2.14. The number of carbonyl (C=O) groups excluding carboxylic acids is 2. The van der Waals surface area contributed by atoms with Crippen molar-refractivity contribution in [1.29, 1.82) is 0 Å². The Morgan fingerprint density at radius 1 is 1.32 bits per heavy atom. The van der Waals surface area contributed by atoms with Crippen molar-refractivity contribution in [1.82, 2.24) is 0 Å². The molecule has 0 aliphatic heterocycles. The molecule has 1 N–H and O–H groups in total. The molecule has 0 fully saturated rings. The van der Waals surface area contributed by atoms with Crippen molar-refractivity contribution >= 4 is 17.6 Å². The SMILES string of the molecule is COC(=O)c1cc(C)ccc1NC(=O)CCC(C)C. The van der Waals surface area contributed by atoms with Crippen molar-refractivity contribution in [2.75, 3.05) is 12.4 Å². The van der Waals surface area contributed by atoms with E-state index in [0.29, 0.717) is 23.6 Å². The zero-order valence-corrected chi connectivity index (χ0v) is 11.9. The van der Waals surface area contributed by atoms with Crippen molar-refractivity contribution in [3.8, 4) is 0 Å². The third-order valence-electron chi connectivity index (χ3n) is 2.80. The number of benzene rings is 1. The Morgan fingerprint density at radius 3 is 2.58 bits per heavy atom. The molecule has 0 spiro atoms. The number of carbonyl (C=O) groups is 2. The van der Waals surface area contributed by atoms with E-state index in [4.69, 9.17) is 4.74 Å². The van der Waals surface area contributed by atoms with E-state index in [1.165, 1.54) is 7.11 Å². The third-order valence-corrected chi connectivity index (χ3v) is 2.80. The number of aryl methyl sites for hydroxylation is 1. The van der Waals surface area contributed by atoms with Gasteiger partial charge >= 0.3 is 5.97 Å². The highest BCUT2D eigenvalue weighted by molar-refractivity contribution is 6.01. The van der Waals surface area contributed by atoms with Crippen molar-refractivity contribution in [2.45, 2.75) is 33.6 Å². The summed E-state index contributed by atoms with van der Waals surface area (Å²) in [5.41, 5.74) is 1.84. The van der Waals surface area contributed by atoms with Crippen LogP contribution in [0.3, 0.4) is 0 Å². The summed E-state index contributed by atoms with van der Waals surface area (Å²) >= 11 is 0. The van der Waals surface area contributed by atoms with E-state index in [-0.39, 0.29) is 5.91 Å². The Morgan fingerprint density at radius 2 is 2.00 bits per heavy atom. The Bertz CT molecular complexity index is 466. The molecular weight excluding hydrogens is 242 g/mol. The largest absolute Gasteiger partial charge is 0.465 e. The van der Waals surface area contributed by atoms with E-state index < -0.39 is 5.97 Å². The summed E-state index contributed by atoms with van der Waals surface area (Å²) in [7, 11) is 1.33. The Balaban J connectivity index is 2.82. The van der Waals surface area contributed by atoms with Gasteiger partial charge in [0.25, 0.3) is 0 Å². The molecule has 4 heteroatoms. The maximum Gasteiger partial charge on any atom is 0.339 e. The van der Waals surface area contributed by atoms with Crippen LogP contribution in [0.4, 0.5) is 5.69 Å². The predicted octanol–water partition coefficient (Wildman–Crippen LogP) is 3.16. The van der Waals surface area contributed by atoms with Crippen LogP contribution >= 0.6 is 0 Å². The van der Waals surface area contributed by atoms with Gasteiger partial charge in [-0.1, -0.05) is 25.5 Å². The number of ether oxygens (including phenoxy) is 1. The third kappa shape index (κ3) is 4.73. The molecule has 1 aromatic rings. The summed E-state index contributed by atoms with van der Waals surface area (Å²) in [6, 6.07) is 5.29. The molecule has 0 heterocycles. The van der Waals surface area contributed by atoms with Gasteiger partial charge in [-0.25, -0.2) is 4.79 Å². The van der Waals surface area contributed by atoms with Crippen molar-refractivity contribution in [3.63, 3.8) is 0 Å². The van der Waals surface area contributed by atoms with Crippen LogP contribution in [0.5, 0.6) is 0 Å². The first-order valence-electron chi connectivity index (χ1n) is 6.43. The smallest absolute Gasteiger partial charge is 0.339 e. The lowest BCUT2D eigenvalue weighted by Gasteiger charge is -2.11. The average molecular weight is 263 g/mol. The molecule has 0 atom stereocenters. The van der Waals surface area contributed by atoms with Gasteiger partial charge in [-0.05, 0) is 31.4 Å². The van der Waals surface area contributed by atoms with Gasteiger partial charge < -0.3 is 10.1 Å². The molecule has 4 nitrogen and oxygen atoms in total. The van der Waals surface area contributed by atoms with Gasteiger partial charge in [0.2, 0.25) is 5.91 Å². The van der Waals surface area contributed by atoms with E-state index in [1.807, 2.05) is 13.0 Å². The number of esters is 1. The van der Waals surface area contributed by atoms with Crippen LogP contribution < -0.4 is 5.32 Å². The number of hydrogen-bond acceptors (Lipinski definition) is 3. The molecule has 0 radical (unpaired) electrons. The number of nitrogens with one attached hydrogen (secondary N) is 1. The van der Waals surface area contributed by atoms with Gasteiger partial charge in [0.05, 0.1) is 18.4 Å². The zero-order chi connectivity index (χ0) is 14.4. The molecule has 0 unspecified atom stereocenters. The monoisotopic (exact) mass is 263 g/mol. The van der Waals surface area contributed by atoms with Crippen LogP contribution in [0, 0.1) is 12.8 Å². The van der Waals surface area contributed by atoms with Gasteiger partial charge in [0.1, 0.15) is 0 Å². The topological polar surface area (TPSA) is 55.4 Å². The predicted molar refractivity (Wildman–Crippen MR) is 75.2 cm³/mol. The standard InChI is InChI=1S/C15H21NO3/c1-10(2)5-8-14(17)16-13-7-6-11(3)9-12(13)15(18)19-4/h6-7,9-10H,5,8H2,1-4H3,(H,16,17). The quantitative estimate of drug-likeness (QED) is 0.830. The summed E-state index contributed by atoms with van der Waals surface area (Å²) in [4.78, 5) is 23.5. The lowest BCUT2D eigenvalue weighted by molar-refractivity contribution is -0.116. The first-order chi connectivity index (χ1) is 8.93. The summed E-state index contributed by atoms with van der Waals surface area (Å²) in [5.74, 6) is -0.0468. The second kappa shape index (κ2) is 6.92. The van der Waals surface area contributed by atoms with Gasteiger partial charge in [-0.3, -0.25) is 4.79 Å². The summed E-state index contributed by atoms with van der Waals surface area (Å²) in [6.07, 6.45) is 1.28. The normalized spacial score (nSPS) is 10.4. The Kier molecular flexibility index (Phi) is 5.55. The molecule has 1 rings (SSSR count). The number of anilines is 1. The number of amides is 1. The highest BCUT2D eigenvalue weighted by Crippen LogP contribution is 2.19. The summed E-state index contributed by atoms with van der Waals surface area (Å²) in [5, 5.41) is 2.77. The number of rotatable bonds is 5. The molecule has 0 saturated heterocycles. The highest BCUT2D eigenvalue weighted by atomic mass is 16.5. The number of methoxy groups -OCH3 is 1. The molecule has 1 aromatic carbocycles. The first kappa shape index (κ1) is 15.2. The van der Waals surface area contributed by atoms with Gasteiger partial charge in [0.15, 0.2) is 0 Å². The lowest BCUT2D eigenvalue weighted by atomic mass is 10.1. The molecule has 0 saturated carbocycles. The van der Waals surface area contributed by atoms with E-state index in [2.05, 4.69) is 19.2 Å². The first-order valence-corrected chi connectivity index (χ1v) is 6.43. The van der Waals surface area contributed by atoms with Gasteiger partial charge in [-0.2, -0.15) is 0 Å². The molecule has 0 bridgehead atoms. The van der Waals surface area contributed by atoms with E-state index in [0.717, 1.165) is 12.0 Å². The molecule has 1 amide bonds. The molecule has 19 heavy (non-hydrogen) atoms. The fourth-order valence-electron chi connectivity index (χ4n) is 1.68. The molecule has 0 aliphatic carbocycles. The van der Waals surface area contributed by atoms with E-state index in [9.17, 15) is 9.59 Å². The van der Waals surface area contributed by atoms with E-state index >= 15 is 0 Å². The number of hydrogen-bond donors (Lipinski definition) is 1. The van der Waals surface area contributed by atoms with Crippen molar-refractivity contribution < 1.29 is 14.3 Å². The van der Waals surface area contributed by atoms with Crippen LogP contribution in [0.15, 0.2) is 18.2 Å². The van der Waals surface area contributed by atoms with E-state index in [1.54, 1.807) is 12.1 Å². The second-order valence-corrected chi connectivity index (χ2v) is 5.02. The fourth-order valence-corrected chi connectivity index (χ4v) is 1.68. The van der Waals surface area contributed by atoms with Crippen molar-refractivity contribution in [3.05, 3.63) is 29.3 Å². The Labute approximate surface area is 114 Å². The second-order valence-electron chi connectivity index (χ2n) is 5.02. The molecule has 104 valence electrons. The Hall–Kier alpha value is -1.84.